The Labute approximate surface area is 120 Å². The average Bonchev–Trinajstić information content (AvgIpc) is 2.92. The summed E-state index contributed by atoms with van der Waals surface area (Å²) in [5, 5.41) is 5.38. The standard InChI is InChI=1S/C14H17F2N3O2/c15-10-6-11(16)12(5-9(10)14(17)21)19-13(20)7-18-8-3-1-2-4-8/h5-6,8,18H,1-4,7H2,(H2,17,21)(H,19,20). The maximum absolute atomic E-state index is 13.6. The second-order valence-corrected chi connectivity index (χ2v) is 5.09. The molecule has 0 atom stereocenters. The third kappa shape index (κ3) is 3.98. The second kappa shape index (κ2) is 6.62. The van der Waals surface area contributed by atoms with E-state index < -0.39 is 29.0 Å². The molecular weight excluding hydrogens is 280 g/mol. The number of anilines is 1. The number of primary amides is 1. The van der Waals surface area contributed by atoms with Crippen LogP contribution in [0.3, 0.4) is 0 Å². The van der Waals surface area contributed by atoms with Gasteiger partial charge in [-0.1, -0.05) is 12.8 Å². The number of hydrogen-bond donors (Lipinski definition) is 3. The van der Waals surface area contributed by atoms with Crippen molar-refractivity contribution in [3.05, 3.63) is 29.3 Å². The van der Waals surface area contributed by atoms with Gasteiger partial charge < -0.3 is 16.4 Å². The molecule has 0 radical (unpaired) electrons. The molecule has 1 fully saturated rings. The van der Waals surface area contributed by atoms with E-state index in [2.05, 4.69) is 10.6 Å². The number of rotatable bonds is 5. The van der Waals surface area contributed by atoms with Crippen LogP contribution in [0.5, 0.6) is 0 Å². The Hall–Kier alpha value is -2.02. The number of carbonyl (C=O) groups is 2. The van der Waals surface area contributed by atoms with Gasteiger partial charge in [-0.05, 0) is 18.9 Å². The third-order valence-electron chi connectivity index (χ3n) is 3.50. The van der Waals surface area contributed by atoms with E-state index in [1.165, 1.54) is 0 Å². The van der Waals surface area contributed by atoms with Gasteiger partial charge in [0.15, 0.2) is 0 Å². The van der Waals surface area contributed by atoms with Crippen LogP contribution in [-0.4, -0.2) is 24.4 Å². The summed E-state index contributed by atoms with van der Waals surface area (Å²) in [7, 11) is 0. The Balaban J connectivity index is 1.99. The molecule has 2 rings (SSSR count). The molecule has 4 N–H and O–H groups in total. The van der Waals surface area contributed by atoms with Crippen molar-refractivity contribution in [3.63, 3.8) is 0 Å². The van der Waals surface area contributed by atoms with Crippen molar-refractivity contribution in [1.29, 1.82) is 0 Å². The van der Waals surface area contributed by atoms with Gasteiger partial charge in [-0.2, -0.15) is 0 Å². The molecule has 5 nitrogen and oxygen atoms in total. The Morgan fingerprint density at radius 2 is 1.86 bits per heavy atom. The molecule has 0 bridgehead atoms. The Morgan fingerprint density at radius 3 is 2.48 bits per heavy atom. The molecule has 1 aliphatic rings. The van der Waals surface area contributed by atoms with Crippen LogP contribution in [0.1, 0.15) is 36.0 Å². The molecule has 0 aromatic heterocycles. The Bertz CT molecular complexity index is 557. The summed E-state index contributed by atoms with van der Waals surface area (Å²) in [6.45, 7) is 0.0351. The zero-order valence-electron chi connectivity index (χ0n) is 11.4. The van der Waals surface area contributed by atoms with Crippen molar-refractivity contribution in [2.24, 2.45) is 5.73 Å². The van der Waals surface area contributed by atoms with Gasteiger partial charge in [0.2, 0.25) is 5.91 Å². The zero-order chi connectivity index (χ0) is 15.4. The highest BCUT2D eigenvalue weighted by molar-refractivity contribution is 5.97. The number of amides is 2. The van der Waals surface area contributed by atoms with Crippen molar-refractivity contribution < 1.29 is 18.4 Å². The van der Waals surface area contributed by atoms with Crippen LogP contribution in [0, 0.1) is 11.6 Å². The zero-order valence-corrected chi connectivity index (χ0v) is 11.4. The maximum atomic E-state index is 13.6. The van der Waals surface area contributed by atoms with E-state index in [-0.39, 0.29) is 12.2 Å². The van der Waals surface area contributed by atoms with Crippen LogP contribution in [0.4, 0.5) is 14.5 Å². The van der Waals surface area contributed by atoms with Gasteiger partial charge in [0.1, 0.15) is 11.6 Å². The minimum Gasteiger partial charge on any atom is -0.366 e. The quantitative estimate of drug-likeness (QED) is 0.770. The highest BCUT2D eigenvalue weighted by atomic mass is 19.1. The molecule has 0 spiro atoms. The van der Waals surface area contributed by atoms with E-state index in [1.807, 2.05) is 0 Å². The number of benzene rings is 1. The fourth-order valence-electron chi connectivity index (χ4n) is 2.39. The highest BCUT2D eigenvalue weighted by Gasteiger charge is 2.17. The number of halogens is 2. The summed E-state index contributed by atoms with van der Waals surface area (Å²) in [5.74, 6) is -3.48. The molecule has 0 saturated heterocycles. The first-order chi connectivity index (χ1) is 9.97. The van der Waals surface area contributed by atoms with Crippen molar-refractivity contribution in [2.45, 2.75) is 31.7 Å². The van der Waals surface area contributed by atoms with Crippen LogP contribution in [0.15, 0.2) is 12.1 Å². The summed E-state index contributed by atoms with van der Waals surface area (Å²) in [5.41, 5.74) is 4.26. The molecular formula is C14H17F2N3O2. The molecule has 0 aliphatic heterocycles. The fourth-order valence-corrected chi connectivity index (χ4v) is 2.39. The molecule has 114 valence electrons. The summed E-state index contributed by atoms with van der Waals surface area (Å²) in [4.78, 5) is 22.7. The topological polar surface area (TPSA) is 84.2 Å². The van der Waals surface area contributed by atoms with E-state index in [0.717, 1.165) is 31.7 Å². The fraction of sp³-hybridized carbons (Fsp3) is 0.429. The van der Waals surface area contributed by atoms with E-state index in [9.17, 15) is 18.4 Å². The van der Waals surface area contributed by atoms with Crippen LogP contribution in [0.2, 0.25) is 0 Å². The third-order valence-corrected chi connectivity index (χ3v) is 3.50. The van der Waals surface area contributed by atoms with E-state index in [1.54, 1.807) is 0 Å². The minimum atomic E-state index is -1.05. The Morgan fingerprint density at radius 1 is 1.19 bits per heavy atom. The molecule has 1 aromatic carbocycles. The molecule has 0 unspecified atom stereocenters. The summed E-state index contributed by atoms with van der Waals surface area (Å²) < 4.78 is 26.9. The lowest BCUT2D eigenvalue weighted by atomic mass is 10.1. The SMILES string of the molecule is NC(=O)c1cc(NC(=O)CNC2CCCC2)c(F)cc1F. The first kappa shape index (κ1) is 15.4. The maximum Gasteiger partial charge on any atom is 0.251 e. The smallest absolute Gasteiger partial charge is 0.251 e. The van der Waals surface area contributed by atoms with Gasteiger partial charge >= 0.3 is 0 Å². The monoisotopic (exact) mass is 297 g/mol. The lowest BCUT2D eigenvalue weighted by Crippen LogP contribution is -2.34. The van der Waals surface area contributed by atoms with Gasteiger partial charge in [-0.25, -0.2) is 8.78 Å². The number of carbonyl (C=O) groups excluding carboxylic acids is 2. The lowest BCUT2D eigenvalue weighted by molar-refractivity contribution is -0.115. The number of hydrogen-bond acceptors (Lipinski definition) is 3. The Kier molecular flexibility index (Phi) is 4.85. The molecule has 1 saturated carbocycles. The van der Waals surface area contributed by atoms with Crippen molar-refractivity contribution in [3.8, 4) is 0 Å². The second-order valence-electron chi connectivity index (χ2n) is 5.09. The highest BCUT2D eigenvalue weighted by Crippen LogP contribution is 2.20. The molecule has 1 aromatic rings. The largest absolute Gasteiger partial charge is 0.366 e. The van der Waals surface area contributed by atoms with Gasteiger partial charge in [-0.3, -0.25) is 9.59 Å². The molecule has 7 heteroatoms. The van der Waals surface area contributed by atoms with Gasteiger partial charge in [-0.15, -0.1) is 0 Å². The molecule has 2 amide bonds. The summed E-state index contributed by atoms with van der Waals surface area (Å²) >= 11 is 0. The molecule has 0 heterocycles. The van der Waals surface area contributed by atoms with Gasteiger partial charge in [0.05, 0.1) is 17.8 Å². The predicted octanol–water partition coefficient (Wildman–Crippen LogP) is 1.53. The first-order valence-electron chi connectivity index (χ1n) is 6.79. The van der Waals surface area contributed by atoms with Crippen LogP contribution >= 0.6 is 0 Å². The van der Waals surface area contributed by atoms with Gasteiger partial charge in [0, 0.05) is 12.1 Å². The lowest BCUT2D eigenvalue weighted by Gasteiger charge is -2.12. The van der Waals surface area contributed by atoms with E-state index in [0.29, 0.717) is 12.1 Å². The summed E-state index contributed by atoms with van der Waals surface area (Å²) in [6.07, 6.45) is 4.30. The average molecular weight is 297 g/mol. The normalized spacial score (nSPS) is 15.1. The number of nitrogens with one attached hydrogen (secondary N) is 2. The molecule has 1 aliphatic carbocycles. The first-order valence-corrected chi connectivity index (χ1v) is 6.79. The predicted molar refractivity (Wildman–Crippen MR) is 73.8 cm³/mol. The van der Waals surface area contributed by atoms with Crippen LogP contribution in [-0.2, 0) is 4.79 Å². The van der Waals surface area contributed by atoms with Crippen molar-refractivity contribution >= 4 is 17.5 Å². The van der Waals surface area contributed by atoms with E-state index in [4.69, 9.17) is 5.73 Å². The van der Waals surface area contributed by atoms with Crippen molar-refractivity contribution in [1.82, 2.24) is 5.32 Å². The van der Waals surface area contributed by atoms with Crippen LogP contribution in [0.25, 0.3) is 0 Å². The minimum absolute atomic E-state index is 0.0351. The van der Waals surface area contributed by atoms with Crippen molar-refractivity contribution in [2.75, 3.05) is 11.9 Å². The molecule has 21 heavy (non-hydrogen) atoms. The number of nitrogens with two attached hydrogens (primary N) is 1. The summed E-state index contributed by atoms with van der Waals surface area (Å²) in [6, 6.07) is 1.73. The van der Waals surface area contributed by atoms with Gasteiger partial charge in [0.25, 0.3) is 5.91 Å². The van der Waals surface area contributed by atoms with E-state index >= 15 is 0 Å². The van der Waals surface area contributed by atoms with Crippen LogP contribution < -0.4 is 16.4 Å².